The zero-order valence-electron chi connectivity index (χ0n) is 12.5. The van der Waals surface area contributed by atoms with Crippen LogP contribution in [-0.4, -0.2) is 21.6 Å². The molecule has 0 saturated heterocycles. The average Bonchev–Trinajstić information content (AvgIpc) is 2.90. The van der Waals surface area contributed by atoms with E-state index in [-0.39, 0.29) is 5.88 Å². The molecule has 0 saturated carbocycles. The number of H-pyrrole nitrogens is 1. The lowest BCUT2D eigenvalue weighted by Gasteiger charge is -2.06. The maximum atomic E-state index is 12.1. The number of rotatable bonds is 4. The van der Waals surface area contributed by atoms with Crippen molar-refractivity contribution in [2.75, 3.05) is 0 Å². The van der Waals surface area contributed by atoms with Crippen LogP contribution < -0.4 is 4.74 Å². The number of nitrogens with one attached hydrogen (secondary N) is 1. The molecule has 0 radical (unpaired) electrons. The quantitative estimate of drug-likeness (QED) is 0.728. The summed E-state index contributed by atoms with van der Waals surface area (Å²) in [5.74, 6) is 0.137. The van der Waals surface area contributed by atoms with Gasteiger partial charge in [0.1, 0.15) is 0 Å². The fraction of sp³-hybridized carbons (Fsp3) is 0.250. The second-order valence-corrected chi connectivity index (χ2v) is 5.82. The highest BCUT2D eigenvalue weighted by atomic mass is 35.5. The molecule has 0 fully saturated rings. The number of hydrogen-bond acceptors (Lipinski definition) is 3. The number of fused-ring (bicyclic) bond motifs is 1. The second kappa shape index (κ2) is 6.12. The third-order valence-corrected chi connectivity index (χ3v) is 3.78. The Morgan fingerprint density at radius 3 is 2.52 bits per heavy atom. The van der Waals surface area contributed by atoms with Crippen molar-refractivity contribution in [1.82, 2.24) is 15.0 Å². The molecule has 0 aliphatic carbocycles. The SMILES string of the molecule is CC(C)c1cc2cc(Cl)c(-c3cnc(OC(F)F)cn3)cc2[nH]1. The Bertz CT molecular complexity index is 831. The van der Waals surface area contributed by atoms with Gasteiger partial charge in [-0.25, -0.2) is 9.97 Å². The third kappa shape index (κ3) is 3.27. The molecule has 2 heterocycles. The van der Waals surface area contributed by atoms with E-state index in [0.717, 1.165) is 22.8 Å². The van der Waals surface area contributed by atoms with Crippen molar-refractivity contribution in [2.45, 2.75) is 26.4 Å². The van der Waals surface area contributed by atoms with Crippen LogP contribution in [0.1, 0.15) is 25.5 Å². The van der Waals surface area contributed by atoms with Gasteiger partial charge in [0, 0.05) is 22.2 Å². The van der Waals surface area contributed by atoms with E-state index in [1.54, 1.807) is 0 Å². The summed E-state index contributed by atoms with van der Waals surface area (Å²) >= 11 is 6.32. The summed E-state index contributed by atoms with van der Waals surface area (Å²) in [6.45, 7) is 1.27. The van der Waals surface area contributed by atoms with E-state index in [1.807, 2.05) is 12.1 Å². The standard InChI is InChI=1S/C16H14ClF2N3O/c1-8(2)12-4-9-3-11(17)10(5-13(9)22-12)14-6-21-15(7-20-14)23-16(18)19/h3-8,16,22H,1-2H3. The maximum Gasteiger partial charge on any atom is 0.388 e. The van der Waals surface area contributed by atoms with E-state index < -0.39 is 6.61 Å². The van der Waals surface area contributed by atoms with Crippen molar-refractivity contribution >= 4 is 22.5 Å². The van der Waals surface area contributed by atoms with Crippen molar-refractivity contribution in [2.24, 2.45) is 0 Å². The van der Waals surface area contributed by atoms with Crippen LogP contribution in [-0.2, 0) is 0 Å². The van der Waals surface area contributed by atoms with Crippen LogP contribution in [0.25, 0.3) is 22.2 Å². The van der Waals surface area contributed by atoms with Crippen molar-refractivity contribution in [3.63, 3.8) is 0 Å². The summed E-state index contributed by atoms with van der Waals surface area (Å²) < 4.78 is 28.5. The van der Waals surface area contributed by atoms with E-state index in [4.69, 9.17) is 11.6 Å². The van der Waals surface area contributed by atoms with Crippen LogP contribution in [0.2, 0.25) is 5.02 Å². The molecule has 2 aromatic heterocycles. The number of aromatic nitrogens is 3. The number of hydrogen-bond donors (Lipinski definition) is 1. The Labute approximate surface area is 136 Å². The Balaban J connectivity index is 2.00. The first-order chi connectivity index (χ1) is 10.9. The fourth-order valence-electron chi connectivity index (χ4n) is 2.29. The van der Waals surface area contributed by atoms with Crippen LogP contribution in [0.3, 0.4) is 0 Å². The molecular weight excluding hydrogens is 324 g/mol. The minimum Gasteiger partial charge on any atom is -0.415 e. The lowest BCUT2D eigenvalue weighted by Crippen LogP contribution is -2.04. The fourth-order valence-corrected chi connectivity index (χ4v) is 2.56. The van der Waals surface area contributed by atoms with Crippen molar-refractivity contribution in [1.29, 1.82) is 0 Å². The molecule has 0 amide bonds. The van der Waals surface area contributed by atoms with Gasteiger partial charge < -0.3 is 9.72 Å². The molecule has 7 heteroatoms. The van der Waals surface area contributed by atoms with Gasteiger partial charge in [-0.2, -0.15) is 8.78 Å². The van der Waals surface area contributed by atoms with E-state index >= 15 is 0 Å². The number of ether oxygens (including phenoxy) is 1. The van der Waals surface area contributed by atoms with Gasteiger partial charge in [0.15, 0.2) is 0 Å². The predicted molar refractivity (Wildman–Crippen MR) is 85.1 cm³/mol. The molecule has 3 aromatic rings. The summed E-state index contributed by atoms with van der Waals surface area (Å²) in [7, 11) is 0. The summed E-state index contributed by atoms with van der Waals surface area (Å²) in [4.78, 5) is 11.2. The highest BCUT2D eigenvalue weighted by molar-refractivity contribution is 6.34. The molecule has 0 bridgehead atoms. The van der Waals surface area contributed by atoms with Crippen LogP contribution in [0.15, 0.2) is 30.6 Å². The smallest absolute Gasteiger partial charge is 0.388 e. The summed E-state index contributed by atoms with van der Waals surface area (Å²) in [5.41, 5.74) is 3.20. The topological polar surface area (TPSA) is 50.8 Å². The number of alkyl halides is 2. The molecule has 1 aromatic carbocycles. The lowest BCUT2D eigenvalue weighted by molar-refractivity contribution is -0.0530. The molecular formula is C16H14ClF2N3O. The first kappa shape index (κ1) is 15.7. The summed E-state index contributed by atoms with van der Waals surface area (Å²) in [6, 6.07) is 5.78. The Kier molecular flexibility index (Phi) is 4.17. The van der Waals surface area contributed by atoms with Gasteiger partial charge in [-0.15, -0.1) is 0 Å². The number of halogens is 3. The highest BCUT2D eigenvalue weighted by Crippen LogP contribution is 2.32. The summed E-state index contributed by atoms with van der Waals surface area (Å²) in [5, 5.41) is 1.52. The first-order valence-corrected chi connectivity index (χ1v) is 7.41. The average molecular weight is 338 g/mol. The monoisotopic (exact) mass is 337 g/mol. The van der Waals surface area contributed by atoms with Gasteiger partial charge in [0.25, 0.3) is 0 Å². The van der Waals surface area contributed by atoms with E-state index in [2.05, 4.69) is 39.6 Å². The molecule has 120 valence electrons. The predicted octanol–water partition coefficient (Wildman–Crippen LogP) is 5.00. The lowest BCUT2D eigenvalue weighted by atomic mass is 10.1. The molecule has 0 atom stereocenters. The van der Waals surface area contributed by atoms with Gasteiger partial charge in [0.2, 0.25) is 5.88 Å². The molecule has 0 spiro atoms. The summed E-state index contributed by atoms with van der Waals surface area (Å²) in [6.07, 6.45) is 2.51. The van der Waals surface area contributed by atoms with Crippen molar-refractivity contribution in [3.05, 3.63) is 41.3 Å². The van der Waals surface area contributed by atoms with Gasteiger partial charge >= 0.3 is 6.61 Å². The first-order valence-electron chi connectivity index (χ1n) is 7.03. The Morgan fingerprint density at radius 2 is 1.91 bits per heavy atom. The Hall–Kier alpha value is -2.21. The highest BCUT2D eigenvalue weighted by Gasteiger charge is 2.12. The molecule has 0 aliphatic heterocycles. The van der Waals surface area contributed by atoms with E-state index in [9.17, 15) is 8.78 Å². The van der Waals surface area contributed by atoms with Crippen LogP contribution in [0.4, 0.5) is 8.78 Å². The molecule has 0 unspecified atom stereocenters. The maximum absolute atomic E-state index is 12.1. The van der Waals surface area contributed by atoms with Crippen LogP contribution >= 0.6 is 11.6 Å². The van der Waals surface area contributed by atoms with Gasteiger partial charge in [-0.05, 0) is 24.1 Å². The van der Waals surface area contributed by atoms with E-state index in [0.29, 0.717) is 22.2 Å². The third-order valence-electron chi connectivity index (χ3n) is 3.47. The van der Waals surface area contributed by atoms with Crippen LogP contribution in [0.5, 0.6) is 5.88 Å². The van der Waals surface area contributed by atoms with Crippen molar-refractivity contribution in [3.8, 4) is 17.1 Å². The zero-order valence-corrected chi connectivity index (χ0v) is 13.2. The largest absolute Gasteiger partial charge is 0.415 e. The molecule has 3 rings (SSSR count). The normalized spacial score (nSPS) is 11.6. The molecule has 0 aliphatic rings. The van der Waals surface area contributed by atoms with Gasteiger partial charge in [-0.3, -0.25) is 0 Å². The molecule has 23 heavy (non-hydrogen) atoms. The number of nitrogens with zero attached hydrogens (tertiary/aromatic N) is 2. The van der Waals surface area contributed by atoms with Crippen molar-refractivity contribution < 1.29 is 13.5 Å². The van der Waals surface area contributed by atoms with Gasteiger partial charge in [-0.1, -0.05) is 25.4 Å². The minimum absolute atomic E-state index is 0.233. The van der Waals surface area contributed by atoms with Gasteiger partial charge in [0.05, 0.1) is 23.1 Å². The molecule has 4 nitrogen and oxygen atoms in total. The number of aromatic amines is 1. The second-order valence-electron chi connectivity index (χ2n) is 5.42. The van der Waals surface area contributed by atoms with E-state index in [1.165, 1.54) is 6.20 Å². The number of benzene rings is 1. The molecule has 1 N–H and O–H groups in total. The zero-order chi connectivity index (χ0) is 16.6. The Morgan fingerprint density at radius 1 is 1.13 bits per heavy atom. The minimum atomic E-state index is -2.93. The van der Waals surface area contributed by atoms with Crippen LogP contribution in [0, 0.1) is 0 Å².